The summed E-state index contributed by atoms with van der Waals surface area (Å²) in [6.45, 7) is 1.94. The van der Waals surface area contributed by atoms with Crippen LogP contribution in [-0.4, -0.2) is 43.0 Å². The second-order valence-electron chi connectivity index (χ2n) is 9.15. The van der Waals surface area contributed by atoms with Crippen molar-refractivity contribution in [3.63, 3.8) is 0 Å². The Balaban J connectivity index is 1.54. The summed E-state index contributed by atoms with van der Waals surface area (Å²) in [4.78, 5) is 27.7. The number of fused-ring (bicyclic) bond motifs is 1. The van der Waals surface area contributed by atoms with Gasteiger partial charge in [-0.05, 0) is 49.9 Å². The third kappa shape index (κ3) is 5.52. The smallest absolute Gasteiger partial charge is 0.256 e. The first-order chi connectivity index (χ1) is 16.0. The standard InChI is InChI=1S/C26H30F2N2O3/c27-19-10-11-20(22(28)16-19)25(32)30-14-7-13-26(18-30)12-5-1-2-6-15-33-23-9-4-3-8-21(23)24(31)29-17-26/h3-4,8-11,16H,1-2,5-7,12-15,17-18H2,(H,29,31). The lowest BCUT2D eigenvalue weighted by atomic mass is 9.75. The van der Waals surface area contributed by atoms with Gasteiger partial charge in [0.15, 0.2) is 0 Å². The Kier molecular flexibility index (Phi) is 7.26. The van der Waals surface area contributed by atoms with Crippen LogP contribution in [0.2, 0.25) is 0 Å². The summed E-state index contributed by atoms with van der Waals surface area (Å²) in [5, 5.41) is 3.08. The molecule has 0 radical (unpaired) electrons. The lowest BCUT2D eigenvalue weighted by Crippen LogP contribution is -2.51. The summed E-state index contributed by atoms with van der Waals surface area (Å²) in [7, 11) is 0. The zero-order chi connectivity index (χ0) is 23.3. The van der Waals surface area contributed by atoms with Gasteiger partial charge in [-0.25, -0.2) is 8.78 Å². The largest absolute Gasteiger partial charge is 0.493 e. The van der Waals surface area contributed by atoms with Crippen molar-refractivity contribution in [3.8, 4) is 5.75 Å². The quantitative estimate of drug-likeness (QED) is 0.660. The van der Waals surface area contributed by atoms with E-state index in [9.17, 15) is 18.4 Å². The van der Waals surface area contributed by atoms with Gasteiger partial charge in [-0.2, -0.15) is 0 Å². The molecule has 2 amide bonds. The number of nitrogens with zero attached hydrogens (tertiary/aromatic N) is 1. The number of nitrogens with one attached hydrogen (secondary N) is 1. The molecule has 2 aliphatic rings. The van der Waals surface area contributed by atoms with Gasteiger partial charge in [-0.15, -0.1) is 0 Å². The van der Waals surface area contributed by atoms with Gasteiger partial charge in [0.25, 0.3) is 11.8 Å². The number of hydrogen-bond donors (Lipinski definition) is 1. The number of amides is 2. The number of carbonyl (C=O) groups is 2. The molecule has 1 unspecified atom stereocenters. The molecule has 176 valence electrons. The summed E-state index contributed by atoms with van der Waals surface area (Å²) in [6, 6.07) is 10.3. The predicted molar refractivity (Wildman–Crippen MR) is 121 cm³/mol. The molecule has 2 aromatic rings. The van der Waals surface area contributed by atoms with Crippen molar-refractivity contribution in [2.45, 2.75) is 44.9 Å². The van der Waals surface area contributed by atoms with Gasteiger partial charge >= 0.3 is 0 Å². The fourth-order valence-corrected chi connectivity index (χ4v) is 4.93. The number of benzene rings is 2. The van der Waals surface area contributed by atoms with Gasteiger partial charge in [-0.1, -0.05) is 31.4 Å². The molecule has 0 aliphatic carbocycles. The van der Waals surface area contributed by atoms with Crippen LogP contribution in [0.5, 0.6) is 5.75 Å². The van der Waals surface area contributed by atoms with E-state index in [1.807, 2.05) is 18.2 Å². The Morgan fingerprint density at radius 1 is 1.00 bits per heavy atom. The summed E-state index contributed by atoms with van der Waals surface area (Å²) in [5.74, 6) is -1.60. The SMILES string of the molecule is O=C1NCC2(CCCCCCOc3ccccc31)CCCN(C(=O)c1ccc(F)cc1F)C2. The number of carbonyl (C=O) groups excluding carboxylic acids is 2. The third-order valence-electron chi connectivity index (χ3n) is 6.72. The maximum atomic E-state index is 14.3. The maximum absolute atomic E-state index is 14.3. The summed E-state index contributed by atoms with van der Waals surface area (Å²) >= 11 is 0. The number of hydrogen-bond acceptors (Lipinski definition) is 3. The van der Waals surface area contributed by atoms with Crippen molar-refractivity contribution >= 4 is 11.8 Å². The lowest BCUT2D eigenvalue weighted by Gasteiger charge is -2.43. The van der Waals surface area contributed by atoms with Crippen LogP contribution in [0.25, 0.3) is 0 Å². The molecule has 5 nitrogen and oxygen atoms in total. The average Bonchev–Trinajstić information content (AvgIpc) is 2.83. The fourth-order valence-electron chi connectivity index (χ4n) is 4.93. The zero-order valence-electron chi connectivity index (χ0n) is 18.7. The predicted octanol–water partition coefficient (Wildman–Crippen LogP) is 4.96. The Morgan fingerprint density at radius 3 is 2.64 bits per heavy atom. The van der Waals surface area contributed by atoms with Crippen molar-refractivity contribution in [1.29, 1.82) is 0 Å². The molecule has 1 atom stereocenters. The zero-order valence-corrected chi connectivity index (χ0v) is 18.7. The lowest BCUT2D eigenvalue weighted by molar-refractivity contribution is 0.0467. The summed E-state index contributed by atoms with van der Waals surface area (Å²) in [6.07, 6.45) is 6.48. The second kappa shape index (κ2) is 10.3. The van der Waals surface area contributed by atoms with Crippen molar-refractivity contribution in [2.24, 2.45) is 5.41 Å². The average molecular weight is 457 g/mol. The minimum absolute atomic E-state index is 0.117. The van der Waals surface area contributed by atoms with Gasteiger partial charge in [0.1, 0.15) is 17.4 Å². The van der Waals surface area contributed by atoms with Crippen LogP contribution in [0.15, 0.2) is 42.5 Å². The number of rotatable bonds is 1. The van der Waals surface area contributed by atoms with Crippen LogP contribution in [-0.2, 0) is 0 Å². The molecule has 2 aromatic carbocycles. The monoisotopic (exact) mass is 456 g/mol. The molecular weight excluding hydrogens is 426 g/mol. The van der Waals surface area contributed by atoms with E-state index in [-0.39, 0.29) is 16.9 Å². The highest BCUT2D eigenvalue weighted by Gasteiger charge is 2.38. The first kappa shape index (κ1) is 23.2. The van der Waals surface area contributed by atoms with E-state index in [0.29, 0.717) is 37.6 Å². The van der Waals surface area contributed by atoms with E-state index in [1.165, 1.54) is 6.07 Å². The van der Waals surface area contributed by atoms with E-state index in [1.54, 1.807) is 11.0 Å². The number of likely N-dealkylation sites (tertiary alicyclic amines) is 1. The minimum Gasteiger partial charge on any atom is -0.493 e. The second-order valence-corrected chi connectivity index (χ2v) is 9.15. The Morgan fingerprint density at radius 2 is 1.79 bits per heavy atom. The molecule has 0 saturated carbocycles. The third-order valence-corrected chi connectivity index (χ3v) is 6.72. The molecule has 33 heavy (non-hydrogen) atoms. The normalized spacial score (nSPS) is 22.2. The Labute approximate surface area is 193 Å². The number of ether oxygens (including phenoxy) is 1. The molecule has 1 fully saturated rings. The molecule has 1 spiro atoms. The molecular formula is C26H30F2N2O3. The molecule has 7 heteroatoms. The van der Waals surface area contributed by atoms with E-state index in [0.717, 1.165) is 57.1 Å². The van der Waals surface area contributed by atoms with Gasteiger partial charge in [0.2, 0.25) is 0 Å². The van der Waals surface area contributed by atoms with E-state index < -0.39 is 17.5 Å². The van der Waals surface area contributed by atoms with Gasteiger partial charge in [0.05, 0.1) is 17.7 Å². The highest BCUT2D eigenvalue weighted by atomic mass is 19.1. The highest BCUT2D eigenvalue weighted by molar-refractivity contribution is 5.97. The van der Waals surface area contributed by atoms with Gasteiger partial charge in [0, 0.05) is 31.1 Å². The molecule has 4 rings (SSSR count). The molecule has 2 heterocycles. The molecule has 2 aliphatic heterocycles. The van der Waals surface area contributed by atoms with Crippen LogP contribution >= 0.6 is 0 Å². The summed E-state index contributed by atoms with van der Waals surface area (Å²) < 4.78 is 33.4. The minimum atomic E-state index is -0.848. The van der Waals surface area contributed by atoms with E-state index in [4.69, 9.17) is 4.74 Å². The van der Waals surface area contributed by atoms with E-state index in [2.05, 4.69) is 5.32 Å². The van der Waals surface area contributed by atoms with Crippen LogP contribution in [0, 0.1) is 17.0 Å². The number of para-hydroxylation sites is 1. The van der Waals surface area contributed by atoms with Crippen molar-refractivity contribution < 1.29 is 23.1 Å². The fraction of sp³-hybridized carbons (Fsp3) is 0.462. The molecule has 1 N–H and O–H groups in total. The van der Waals surface area contributed by atoms with Gasteiger partial charge < -0.3 is 15.0 Å². The van der Waals surface area contributed by atoms with Crippen molar-refractivity contribution in [3.05, 3.63) is 65.2 Å². The van der Waals surface area contributed by atoms with Crippen LogP contribution in [0.1, 0.15) is 65.7 Å². The highest BCUT2D eigenvalue weighted by Crippen LogP contribution is 2.36. The van der Waals surface area contributed by atoms with Crippen LogP contribution in [0.3, 0.4) is 0 Å². The van der Waals surface area contributed by atoms with E-state index >= 15 is 0 Å². The number of piperidine rings is 1. The molecule has 1 saturated heterocycles. The van der Waals surface area contributed by atoms with Crippen LogP contribution in [0.4, 0.5) is 8.78 Å². The molecule has 0 aromatic heterocycles. The topological polar surface area (TPSA) is 58.6 Å². The molecule has 0 bridgehead atoms. The Hall–Kier alpha value is -2.96. The number of halogens is 2. The van der Waals surface area contributed by atoms with Crippen molar-refractivity contribution in [1.82, 2.24) is 10.2 Å². The maximum Gasteiger partial charge on any atom is 0.256 e. The van der Waals surface area contributed by atoms with Gasteiger partial charge in [-0.3, -0.25) is 9.59 Å². The first-order valence-corrected chi connectivity index (χ1v) is 11.7. The first-order valence-electron chi connectivity index (χ1n) is 11.7. The van der Waals surface area contributed by atoms with Crippen LogP contribution < -0.4 is 10.1 Å². The van der Waals surface area contributed by atoms with Crippen molar-refractivity contribution in [2.75, 3.05) is 26.2 Å². The Bertz CT molecular complexity index is 1010. The summed E-state index contributed by atoms with van der Waals surface area (Å²) in [5.41, 5.74) is 0.0986.